The molecular formula is C19H24N2O4. The number of aryl methyl sites for hydroxylation is 1. The fourth-order valence-electron chi connectivity index (χ4n) is 2.39. The van der Waals surface area contributed by atoms with Crippen molar-refractivity contribution in [1.82, 2.24) is 5.32 Å². The summed E-state index contributed by atoms with van der Waals surface area (Å²) in [5, 5.41) is 22.6. The van der Waals surface area contributed by atoms with Gasteiger partial charge in [-0.25, -0.2) is 0 Å². The molecule has 6 nitrogen and oxygen atoms in total. The highest BCUT2D eigenvalue weighted by atomic mass is 16.5. The number of carbonyl (C=O) groups is 1. The van der Waals surface area contributed by atoms with Gasteiger partial charge in [-0.15, -0.1) is 0 Å². The average Bonchev–Trinajstić information content (AvgIpc) is 2.61. The van der Waals surface area contributed by atoms with Gasteiger partial charge in [0.25, 0.3) is 5.91 Å². The number of ether oxygens (including phenoxy) is 1. The molecule has 6 heteroatoms. The number of aromatic hydroxyl groups is 1. The van der Waals surface area contributed by atoms with Crippen molar-refractivity contribution in [3.05, 3.63) is 59.7 Å². The number of carbonyl (C=O) groups excluding carboxylic acids is 1. The van der Waals surface area contributed by atoms with E-state index in [9.17, 15) is 15.0 Å². The zero-order valence-corrected chi connectivity index (χ0v) is 14.0. The number of aliphatic hydroxyl groups is 1. The summed E-state index contributed by atoms with van der Waals surface area (Å²) >= 11 is 0. The molecule has 0 radical (unpaired) electrons. The minimum atomic E-state index is -0.706. The van der Waals surface area contributed by atoms with E-state index in [-0.39, 0.29) is 11.3 Å². The van der Waals surface area contributed by atoms with E-state index in [0.29, 0.717) is 31.9 Å². The maximum atomic E-state index is 11.2. The van der Waals surface area contributed by atoms with E-state index in [1.54, 1.807) is 6.07 Å². The lowest BCUT2D eigenvalue weighted by atomic mass is 10.1. The molecule has 0 heterocycles. The Morgan fingerprint density at radius 2 is 1.96 bits per heavy atom. The van der Waals surface area contributed by atoms with Gasteiger partial charge in [-0.2, -0.15) is 0 Å². The first-order valence-corrected chi connectivity index (χ1v) is 8.24. The molecule has 1 amide bonds. The number of benzene rings is 2. The van der Waals surface area contributed by atoms with Crippen LogP contribution in [-0.2, 0) is 6.42 Å². The van der Waals surface area contributed by atoms with Crippen LogP contribution in [0.4, 0.5) is 0 Å². The van der Waals surface area contributed by atoms with Crippen LogP contribution in [0.25, 0.3) is 0 Å². The lowest BCUT2D eigenvalue weighted by Crippen LogP contribution is -2.30. The molecule has 2 aromatic carbocycles. The van der Waals surface area contributed by atoms with Gasteiger partial charge in [0.2, 0.25) is 0 Å². The molecule has 0 fully saturated rings. The highest BCUT2D eigenvalue weighted by molar-refractivity contribution is 5.95. The molecule has 0 aliphatic heterocycles. The van der Waals surface area contributed by atoms with Gasteiger partial charge < -0.3 is 26.0 Å². The number of aliphatic hydroxyl groups excluding tert-OH is 1. The predicted molar refractivity (Wildman–Crippen MR) is 95.8 cm³/mol. The number of amides is 1. The highest BCUT2D eigenvalue weighted by Gasteiger charge is 2.09. The number of nitrogens with two attached hydrogens (primary N) is 1. The summed E-state index contributed by atoms with van der Waals surface area (Å²) in [6, 6.07) is 14.4. The van der Waals surface area contributed by atoms with Crippen LogP contribution in [-0.4, -0.2) is 41.9 Å². The molecule has 0 aliphatic rings. The molecule has 5 N–H and O–H groups in total. The molecule has 1 atom stereocenters. The van der Waals surface area contributed by atoms with Gasteiger partial charge in [0, 0.05) is 13.1 Å². The van der Waals surface area contributed by atoms with E-state index in [1.807, 2.05) is 30.3 Å². The van der Waals surface area contributed by atoms with Gasteiger partial charge in [0.1, 0.15) is 18.1 Å². The van der Waals surface area contributed by atoms with E-state index in [1.165, 1.54) is 17.7 Å². The van der Waals surface area contributed by atoms with Gasteiger partial charge in [0.05, 0.1) is 11.7 Å². The first-order valence-electron chi connectivity index (χ1n) is 8.24. The van der Waals surface area contributed by atoms with Crippen molar-refractivity contribution in [1.29, 1.82) is 0 Å². The third-order valence-corrected chi connectivity index (χ3v) is 3.77. The van der Waals surface area contributed by atoms with Gasteiger partial charge >= 0.3 is 0 Å². The molecule has 2 rings (SSSR count). The van der Waals surface area contributed by atoms with Gasteiger partial charge in [0.15, 0.2) is 0 Å². The third-order valence-electron chi connectivity index (χ3n) is 3.77. The van der Waals surface area contributed by atoms with Crippen LogP contribution in [0.5, 0.6) is 11.5 Å². The summed E-state index contributed by atoms with van der Waals surface area (Å²) in [7, 11) is 0. The smallest absolute Gasteiger partial charge is 0.252 e. The second-order valence-electron chi connectivity index (χ2n) is 5.77. The van der Waals surface area contributed by atoms with Gasteiger partial charge in [-0.3, -0.25) is 4.79 Å². The number of hydrogen-bond acceptors (Lipinski definition) is 5. The average molecular weight is 344 g/mol. The largest absolute Gasteiger partial charge is 0.507 e. The SMILES string of the molecule is NC(=O)c1cc(OCCNC[C@@H](O)CCc2ccccc2)ccc1O. The fraction of sp³-hybridized carbons (Fsp3) is 0.316. The van der Waals surface area contributed by atoms with E-state index in [4.69, 9.17) is 10.5 Å². The van der Waals surface area contributed by atoms with Crippen LogP contribution in [0.15, 0.2) is 48.5 Å². The summed E-state index contributed by atoms with van der Waals surface area (Å²) in [5.41, 5.74) is 6.41. The topological polar surface area (TPSA) is 105 Å². The Bertz CT molecular complexity index is 676. The Kier molecular flexibility index (Phi) is 7.25. The Labute approximate surface area is 147 Å². The second kappa shape index (κ2) is 9.66. The van der Waals surface area contributed by atoms with Crippen molar-refractivity contribution in [2.45, 2.75) is 18.9 Å². The summed E-state index contributed by atoms with van der Waals surface area (Å²) in [6.45, 7) is 1.40. The lowest BCUT2D eigenvalue weighted by Gasteiger charge is -2.13. The molecule has 0 aromatic heterocycles. The van der Waals surface area contributed by atoms with Crippen LogP contribution >= 0.6 is 0 Å². The van der Waals surface area contributed by atoms with Crippen LogP contribution in [0.2, 0.25) is 0 Å². The fourth-order valence-corrected chi connectivity index (χ4v) is 2.39. The number of hydrogen-bond donors (Lipinski definition) is 4. The molecule has 0 saturated heterocycles. The monoisotopic (exact) mass is 344 g/mol. The predicted octanol–water partition coefficient (Wildman–Crippen LogP) is 1.45. The minimum absolute atomic E-state index is 0.0294. The van der Waals surface area contributed by atoms with Crippen LogP contribution < -0.4 is 15.8 Å². The number of primary amides is 1. The first-order chi connectivity index (χ1) is 12.1. The zero-order valence-electron chi connectivity index (χ0n) is 14.0. The van der Waals surface area contributed by atoms with Crippen LogP contribution in [0, 0.1) is 0 Å². The Morgan fingerprint density at radius 1 is 1.20 bits per heavy atom. The summed E-state index contributed by atoms with van der Waals surface area (Å²) < 4.78 is 5.50. The van der Waals surface area contributed by atoms with E-state index in [2.05, 4.69) is 5.32 Å². The van der Waals surface area contributed by atoms with Crippen LogP contribution in [0.3, 0.4) is 0 Å². The van der Waals surface area contributed by atoms with Crippen molar-refractivity contribution in [2.24, 2.45) is 5.73 Å². The maximum absolute atomic E-state index is 11.2. The lowest BCUT2D eigenvalue weighted by molar-refractivity contribution is 0.0997. The van der Waals surface area contributed by atoms with Crippen LogP contribution in [0.1, 0.15) is 22.3 Å². The zero-order chi connectivity index (χ0) is 18.1. The molecule has 134 valence electrons. The van der Waals surface area contributed by atoms with Crippen molar-refractivity contribution in [3.63, 3.8) is 0 Å². The second-order valence-corrected chi connectivity index (χ2v) is 5.77. The molecule has 25 heavy (non-hydrogen) atoms. The summed E-state index contributed by atoms with van der Waals surface area (Å²) in [4.78, 5) is 11.2. The molecular weight excluding hydrogens is 320 g/mol. The van der Waals surface area contributed by atoms with Crippen molar-refractivity contribution in [3.8, 4) is 11.5 Å². The third kappa shape index (κ3) is 6.45. The standard InChI is InChI=1S/C19H24N2O4/c20-19(24)17-12-16(8-9-18(17)23)25-11-10-21-13-15(22)7-6-14-4-2-1-3-5-14/h1-5,8-9,12,15,21-23H,6-7,10-11,13H2,(H2,20,24)/t15-/m0/s1. The number of rotatable bonds is 10. The van der Waals surface area contributed by atoms with Crippen molar-refractivity contribution < 1.29 is 19.7 Å². The number of phenols is 1. The molecule has 0 bridgehead atoms. The Balaban J connectivity index is 1.63. The molecule has 0 spiro atoms. The van der Waals surface area contributed by atoms with Gasteiger partial charge in [-0.1, -0.05) is 30.3 Å². The van der Waals surface area contributed by atoms with Gasteiger partial charge in [-0.05, 0) is 36.6 Å². The van der Waals surface area contributed by atoms with Crippen molar-refractivity contribution in [2.75, 3.05) is 19.7 Å². The maximum Gasteiger partial charge on any atom is 0.252 e. The van der Waals surface area contributed by atoms with Crippen molar-refractivity contribution >= 4 is 5.91 Å². The normalized spacial score (nSPS) is 11.9. The van der Waals surface area contributed by atoms with E-state index < -0.39 is 12.0 Å². The molecule has 2 aromatic rings. The number of nitrogens with one attached hydrogen (secondary N) is 1. The Hall–Kier alpha value is -2.57. The quantitative estimate of drug-likeness (QED) is 0.488. The minimum Gasteiger partial charge on any atom is -0.507 e. The molecule has 0 aliphatic carbocycles. The summed E-state index contributed by atoms with van der Waals surface area (Å²) in [6.07, 6.45) is 1.11. The first kappa shape index (κ1) is 18.8. The van der Waals surface area contributed by atoms with E-state index in [0.717, 1.165) is 6.42 Å². The Morgan fingerprint density at radius 3 is 2.68 bits per heavy atom. The van der Waals surface area contributed by atoms with E-state index >= 15 is 0 Å². The summed E-state index contributed by atoms with van der Waals surface area (Å²) in [5.74, 6) is -0.417. The molecule has 0 saturated carbocycles. The highest BCUT2D eigenvalue weighted by Crippen LogP contribution is 2.22. The molecule has 0 unspecified atom stereocenters.